The van der Waals surface area contributed by atoms with Gasteiger partial charge in [-0.2, -0.15) is 18.3 Å². The number of alkyl halides is 3. The molecule has 4 rings (SSSR count). The van der Waals surface area contributed by atoms with E-state index in [1.807, 2.05) is 0 Å². The second kappa shape index (κ2) is 11.9. The van der Waals surface area contributed by atoms with Crippen molar-refractivity contribution < 1.29 is 45.0 Å². The SMILES string of the molecule is COc1c(C)nnc2ccc(C(=O)NCC(O)(c3cc(C(C)(C)NS(C)(=O)=O)c(F)c(-c4ccc(F)cc4)n3)C(F)(F)F)cc12. The van der Waals surface area contributed by atoms with E-state index in [1.54, 1.807) is 6.92 Å². The molecule has 1 amide bonds. The van der Waals surface area contributed by atoms with Crippen LogP contribution in [-0.4, -0.2) is 60.7 Å². The molecule has 1 unspecified atom stereocenters. The minimum atomic E-state index is -5.49. The lowest BCUT2D eigenvalue weighted by Crippen LogP contribution is -2.52. The quantitative estimate of drug-likeness (QED) is 0.228. The van der Waals surface area contributed by atoms with E-state index in [0.29, 0.717) is 28.4 Å². The van der Waals surface area contributed by atoms with Gasteiger partial charge in [0.25, 0.3) is 5.91 Å². The lowest BCUT2D eigenvalue weighted by atomic mass is 9.88. The first-order valence-corrected chi connectivity index (χ1v) is 15.0. The Kier molecular flexibility index (Phi) is 8.89. The normalized spacial score (nSPS) is 13.8. The monoisotopic (exact) mass is 653 g/mol. The molecule has 4 aromatic rings. The average Bonchev–Trinajstić information content (AvgIpc) is 2.94. The summed E-state index contributed by atoms with van der Waals surface area (Å²) >= 11 is 0. The first-order valence-electron chi connectivity index (χ1n) is 13.1. The summed E-state index contributed by atoms with van der Waals surface area (Å²) < 4.78 is 105. The molecule has 2 aromatic carbocycles. The molecule has 0 saturated heterocycles. The van der Waals surface area contributed by atoms with Gasteiger partial charge >= 0.3 is 6.18 Å². The summed E-state index contributed by atoms with van der Waals surface area (Å²) in [6, 6.07) is 8.55. The predicted octanol–water partition coefficient (Wildman–Crippen LogP) is 4.25. The molecule has 240 valence electrons. The molecule has 16 heteroatoms. The van der Waals surface area contributed by atoms with Crippen molar-refractivity contribution in [3.05, 3.63) is 82.7 Å². The van der Waals surface area contributed by atoms with Crippen LogP contribution in [0, 0.1) is 18.6 Å². The van der Waals surface area contributed by atoms with Gasteiger partial charge in [0, 0.05) is 22.1 Å². The zero-order valence-electron chi connectivity index (χ0n) is 24.5. The number of benzene rings is 2. The van der Waals surface area contributed by atoms with Crippen LogP contribution in [0.1, 0.15) is 41.2 Å². The van der Waals surface area contributed by atoms with Crippen LogP contribution in [0.4, 0.5) is 22.0 Å². The van der Waals surface area contributed by atoms with Crippen LogP contribution in [0.3, 0.4) is 0 Å². The van der Waals surface area contributed by atoms with E-state index in [0.717, 1.165) is 30.5 Å². The Bertz CT molecular complexity index is 1890. The summed E-state index contributed by atoms with van der Waals surface area (Å²) in [4.78, 5) is 16.9. The van der Waals surface area contributed by atoms with E-state index >= 15 is 4.39 Å². The zero-order chi connectivity index (χ0) is 33.5. The smallest absolute Gasteiger partial charge is 0.424 e. The number of carbonyl (C=O) groups excluding carboxylic acids is 1. The van der Waals surface area contributed by atoms with Gasteiger partial charge in [0.05, 0.1) is 36.7 Å². The van der Waals surface area contributed by atoms with E-state index in [4.69, 9.17) is 4.74 Å². The van der Waals surface area contributed by atoms with Crippen molar-refractivity contribution in [3.8, 4) is 17.0 Å². The molecule has 2 heterocycles. The molecule has 0 radical (unpaired) electrons. The molecular formula is C29H28F5N5O5S. The number of nitrogens with zero attached hydrogens (tertiary/aromatic N) is 3. The number of carbonyl (C=O) groups is 1. The van der Waals surface area contributed by atoms with Crippen LogP contribution in [0.5, 0.6) is 5.75 Å². The molecule has 2 aromatic heterocycles. The molecule has 0 aliphatic heterocycles. The number of rotatable bonds is 9. The number of pyridine rings is 1. The highest BCUT2D eigenvalue weighted by atomic mass is 32.2. The van der Waals surface area contributed by atoms with Crippen molar-refractivity contribution in [1.29, 1.82) is 0 Å². The number of aliphatic hydroxyl groups is 1. The zero-order valence-corrected chi connectivity index (χ0v) is 25.4. The van der Waals surface area contributed by atoms with Gasteiger partial charge in [-0.15, -0.1) is 5.10 Å². The number of aryl methyl sites for hydroxylation is 1. The van der Waals surface area contributed by atoms with Crippen LogP contribution in [-0.2, 0) is 21.2 Å². The number of hydrogen-bond donors (Lipinski definition) is 3. The Morgan fingerprint density at radius 3 is 2.24 bits per heavy atom. The fourth-order valence-electron chi connectivity index (χ4n) is 4.73. The van der Waals surface area contributed by atoms with Gasteiger partial charge in [0.1, 0.15) is 17.2 Å². The van der Waals surface area contributed by atoms with Crippen LogP contribution >= 0.6 is 0 Å². The number of fused-ring (bicyclic) bond motifs is 1. The second-order valence-corrected chi connectivity index (χ2v) is 12.6. The van der Waals surface area contributed by atoms with Crippen LogP contribution in [0.2, 0.25) is 0 Å². The third-order valence-electron chi connectivity index (χ3n) is 6.93. The molecule has 0 fully saturated rings. The Morgan fingerprint density at radius 2 is 1.67 bits per heavy atom. The second-order valence-electron chi connectivity index (χ2n) is 10.8. The lowest BCUT2D eigenvalue weighted by molar-refractivity contribution is -0.265. The van der Waals surface area contributed by atoms with E-state index in [9.17, 15) is 35.9 Å². The van der Waals surface area contributed by atoms with Crippen molar-refractivity contribution in [2.45, 2.75) is 38.1 Å². The van der Waals surface area contributed by atoms with Crippen LogP contribution < -0.4 is 14.8 Å². The molecule has 0 aliphatic carbocycles. The molecule has 45 heavy (non-hydrogen) atoms. The van der Waals surface area contributed by atoms with Gasteiger partial charge in [-0.3, -0.25) is 4.79 Å². The lowest BCUT2D eigenvalue weighted by Gasteiger charge is -2.33. The number of nitrogens with one attached hydrogen (secondary N) is 2. The number of halogens is 5. The number of aromatic nitrogens is 3. The van der Waals surface area contributed by atoms with Gasteiger partial charge in [0.2, 0.25) is 15.6 Å². The van der Waals surface area contributed by atoms with E-state index in [2.05, 4.69) is 25.2 Å². The maximum atomic E-state index is 15.9. The van der Waals surface area contributed by atoms with Crippen molar-refractivity contribution in [1.82, 2.24) is 25.2 Å². The Hall–Kier alpha value is -4.28. The summed E-state index contributed by atoms with van der Waals surface area (Å²) in [5.41, 5.74) is -7.76. The van der Waals surface area contributed by atoms with Crippen molar-refractivity contribution in [3.63, 3.8) is 0 Å². The van der Waals surface area contributed by atoms with Gasteiger partial charge in [-0.1, -0.05) is 0 Å². The first kappa shape index (κ1) is 33.6. The topological polar surface area (TPSA) is 143 Å². The van der Waals surface area contributed by atoms with Crippen molar-refractivity contribution >= 4 is 26.8 Å². The van der Waals surface area contributed by atoms with Crippen molar-refractivity contribution in [2.75, 3.05) is 19.9 Å². The maximum absolute atomic E-state index is 15.9. The van der Waals surface area contributed by atoms with E-state index < -0.39 is 68.4 Å². The Morgan fingerprint density at radius 1 is 1.02 bits per heavy atom. The summed E-state index contributed by atoms with van der Waals surface area (Å²) in [5.74, 6) is -2.67. The molecule has 0 aliphatic rings. The standard InChI is InChI=1S/C29H28F5N5O5S/c1-15-25(44-4)19-12-17(8-11-21(19)38-37-15)26(40)35-14-28(41,29(32,33)34)22-13-20(27(2,3)39-45(5,42)43)23(31)24(36-22)16-6-9-18(30)10-7-16/h6-13,39,41H,14H2,1-5H3,(H,35,40). The molecule has 0 spiro atoms. The highest BCUT2D eigenvalue weighted by molar-refractivity contribution is 7.88. The largest absolute Gasteiger partial charge is 0.494 e. The predicted molar refractivity (Wildman–Crippen MR) is 154 cm³/mol. The van der Waals surface area contributed by atoms with E-state index in [1.165, 1.54) is 39.2 Å². The molecule has 0 saturated carbocycles. The number of methoxy groups -OCH3 is 1. The number of sulfonamides is 1. The molecular weight excluding hydrogens is 625 g/mol. The molecule has 3 N–H and O–H groups in total. The van der Waals surface area contributed by atoms with Crippen molar-refractivity contribution in [2.24, 2.45) is 0 Å². The summed E-state index contributed by atoms with van der Waals surface area (Å²) in [6.07, 6.45) is -4.72. The maximum Gasteiger partial charge on any atom is 0.424 e. The number of hydrogen-bond acceptors (Lipinski definition) is 8. The third-order valence-corrected chi connectivity index (χ3v) is 7.81. The van der Waals surface area contributed by atoms with Gasteiger partial charge in [-0.05, 0) is 69.3 Å². The highest BCUT2D eigenvalue weighted by Crippen LogP contribution is 2.41. The Labute approximate surface area is 254 Å². The molecule has 10 nitrogen and oxygen atoms in total. The highest BCUT2D eigenvalue weighted by Gasteiger charge is 2.57. The summed E-state index contributed by atoms with van der Waals surface area (Å²) in [5, 5.41) is 21.5. The fourth-order valence-corrected chi connectivity index (χ4v) is 5.77. The third kappa shape index (κ3) is 6.87. The molecule has 1 atom stereocenters. The first-order chi connectivity index (χ1) is 20.8. The van der Waals surface area contributed by atoms with E-state index in [-0.39, 0.29) is 11.1 Å². The van der Waals surface area contributed by atoms with Gasteiger partial charge in [-0.25, -0.2) is 26.9 Å². The Balaban J connectivity index is 1.83. The fraction of sp³-hybridized carbons (Fsp3) is 0.310. The summed E-state index contributed by atoms with van der Waals surface area (Å²) in [7, 11) is -2.66. The van der Waals surface area contributed by atoms with Crippen LogP contribution in [0.25, 0.3) is 22.2 Å². The van der Waals surface area contributed by atoms with Crippen LogP contribution in [0.15, 0.2) is 48.5 Å². The minimum Gasteiger partial charge on any atom is -0.494 e. The number of amides is 1. The van der Waals surface area contributed by atoms with Gasteiger partial charge in [0.15, 0.2) is 11.6 Å². The van der Waals surface area contributed by atoms with Gasteiger partial charge < -0.3 is 15.2 Å². The number of ether oxygens (including phenoxy) is 1. The molecule has 0 bridgehead atoms. The minimum absolute atomic E-state index is 0.101. The summed E-state index contributed by atoms with van der Waals surface area (Å²) in [6.45, 7) is 2.52. The average molecular weight is 654 g/mol.